The Balaban J connectivity index is 1.55. The number of benzene rings is 1. The van der Waals surface area contributed by atoms with E-state index in [4.69, 9.17) is 9.15 Å². The van der Waals surface area contributed by atoms with E-state index in [1.165, 1.54) is 30.5 Å². The molecule has 0 radical (unpaired) electrons. The maximum absolute atomic E-state index is 12.8. The second-order valence-corrected chi connectivity index (χ2v) is 5.68. The Labute approximate surface area is 143 Å². The average molecular weight is 347 g/mol. The summed E-state index contributed by atoms with van der Waals surface area (Å²) in [6.07, 6.45) is 3.56. The van der Waals surface area contributed by atoms with Crippen LogP contribution in [-0.2, 0) is 11.4 Å². The van der Waals surface area contributed by atoms with Crippen LogP contribution < -0.4 is 15.4 Å². The van der Waals surface area contributed by atoms with Crippen molar-refractivity contribution in [3.63, 3.8) is 0 Å². The number of hydrogen-bond donors (Lipinski definition) is 2. The second kappa shape index (κ2) is 7.78. The smallest absolute Gasteiger partial charge is 0.273 e. The summed E-state index contributed by atoms with van der Waals surface area (Å²) in [4.78, 5) is 28.1. The first kappa shape index (κ1) is 16.9. The minimum atomic E-state index is -0.564. The molecule has 0 unspecified atom stereocenters. The molecule has 2 aromatic rings. The van der Waals surface area contributed by atoms with Crippen LogP contribution in [0, 0.1) is 5.82 Å². The third-order valence-electron chi connectivity index (χ3n) is 3.80. The monoisotopic (exact) mass is 347 g/mol. The fourth-order valence-corrected chi connectivity index (χ4v) is 2.47. The summed E-state index contributed by atoms with van der Waals surface area (Å²) in [7, 11) is 0. The van der Waals surface area contributed by atoms with Gasteiger partial charge < -0.3 is 19.8 Å². The number of rotatable bonds is 5. The van der Waals surface area contributed by atoms with Crippen LogP contribution in [0.1, 0.15) is 35.6 Å². The number of nitrogens with zero attached hydrogens (tertiary/aromatic N) is 1. The highest BCUT2D eigenvalue weighted by Crippen LogP contribution is 2.14. The van der Waals surface area contributed by atoms with Crippen molar-refractivity contribution in [1.82, 2.24) is 15.6 Å². The summed E-state index contributed by atoms with van der Waals surface area (Å²) in [6.45, 7) is 0.628. The quantitative estimate of drug-likeness (QED) is 0.860. The van der Waals surface area contributed by atoms with Crippen molar-refractivity contribution in [3.8, 4) is 5.75 Å². The van der Waals surface area contributed by atoms with Crippen LogP contribution in [0.4, 0.5) is 4.39 Å². The number of ether oxygens (including phenoxy) is 1. The van der Waals surface area contributed by atoms with Crippen LogP contribution in [0.25, 0.3) is 0 Å². The first-order valence-corrected chi connectivity index (χ1v) is 8.03. The van der Waals surface area contributed by atoms with E-state index >= 15 is 0 Å². The summed E-state index contributed by atoms with van der Waals surface area (Å²) in [5.74, 6) is -0.349. The lowest BCUT2D eigenvalue weighted by Gasteiger charge is -2.13. The van der Waals surface area contributed by atoms with Gasteiger partial charge in [-0.3, -0.25) is 9.59 Å². The molecule has 3 rings (SSSR count). The molecule has 0 saturated carbocycles. The Morgan fingerprint density at radius 2 is 2.16 bits per heavy atom. The van der Waals surface area contributed by atoms with Crippen molar-refractivity contribution in [2.75, 3.05) is 6.54 Å². The Morgan fingerprint density at radius 1 is 1.36 bits per heavy atom. The molecule has 1 fully saturated rings. The molecule has 2 N–H and O–H groups in total. The van der Waals surface area contributed by atoms with Crippen LogP contribution >= 0.6 is 0 Å². The number of hydrogen-bond acceptors (Lipinski definition) is 5. The van der Waals surface area contributed by atoms with Gasteiger partial charge in [0, 0.05) is 6.54 Å². The molecule has 0 aliphatic carbocycles. The van der Waals surface area contributed by atoms with E-state index in [2.05, 4.69) is 15.6 Å². The standard InChI is InChI=1S/C17H18FN3O4/c18-11-4-6-12(7-5-11)24-10-15-20-14(9-25-15)17(23)21-13-3-1-2-8-19-16(13)22/h4-7,9,13H,1-3,8,10H2,(H,19,22)(H,21,23)/t13-/m0/s1. The van der Waals surface area contributed by atoms with Crippen molar-refractivity contribution >= 4 is 11.8 Å². The van der Waals surface area contributed by atoms with Crippen molar-refractivity contribution < 1.29 is 23.1 Å². The highest BCUT2D eigenvalue weighted by molar-refractivity contribution is 5.95. The van der Waals surface area contributed by atoms with Crippen LogP contribution in [0.5, 0.6) is 5.75 Å². The lowest BCUT2D eigenvalue weighted by Crippen LogP contribution is -2.45. The molecule has 2 amide bonds. The predicted octanol–water partition coefficient (Wildman–Crippen LogP) is 1.79. The number of nitrogens with one attached hydrogen (secondary N) is 2. The molecule has 0 spiro atoms. The molecule has 2 heterocycles. The number of amides is 2. The van der Waals surface area contributed by atoms with Gasteiger partial charge >= 0.3 is 0 Å². The third kappa shape index (κ3) is 4.56. The van der Waals surface area contributed by atoms with Crippen LogP contribution in [-0.4, -0.2) is 29.4 Å². The van der Waals surface area contributed by atoms with Gasteiger partial charge in [-0.15, -0.1) is 0 Å². The lowest BCUT2D eigenvalue weighted by molar-refractivity contribution is -0.122. The van der Waals surface area contributed by atoms with Gasteiger partial charge in [0.1, 0.15) is 23.9 Å². The Kier molecular flexibility index (Phi) is 5.27. The van der Waals surface area contributed by atoms with E-state index < -0.39 is 11.9 Å². The van der Waals surface area contributed by atoms with Gasteiger partial charge in [-0.1, -0.05) is 0 Å². The maximum atomic E-state index is 12.8. The van der Waals surface area contributed by atoms with Crippen molar-refractivity contribution in [1.29, 1.82) is 0 Å². The van der Waals surface area contributed by atoms with Gasteiger partial charge in [-0.25, -0.2) is 9.37 Å². The molecule has 8 heteroatoms. The summed E-state index contributed by atoms with van der Waals surface area (Å²) in [6, 6.07) is 4.96. The minimum absolute atomic E-state index is 0.00280. The number of halogens is 1. The zero-order chi connectivity index (χ0) is 17.6. The van der Waals surface area contributed by atoms with Gasteiger partial charge in [0.05, 0.1) is 0 Å². The van der Waals surface area contributed by atoms with Crippen LogP contribution in [0.15, 0.2) is 34.9 Å². The van der Waals surface area contributed by atoms with Crippen molar-refractivity contribution in [3.05, 3.63) is 47.9 Å². The van der Waals surface area contributed by atoms with E-state index in [0.29, 0.717) is 18.7 Å². The number of aromatic nitrogens is 1. The molecule has 1 aromatic heterocycles. The summed E-state index contributed by atoms with van der Waals surface area (Å²) in [5, 5.41) is 5.42. The highest BCUT2D eigenvalue weighted by Gasteiger charge is 2.24. The Bertz CT molecular complexity index is 745. The third-order valence-corrected chi connectivity index (χ3v) is 3.80. The molecule has 132 valence electrons. The van der Waals surface area contributed by atoms with Gasteiger partial charge in [0.25, 0.3) is 5.91 Å². The molecule has 1 atom stereocenters. The lowest BCUT2D eigenvalue weighted by atomic mass is 10.1. The molecule has 25 heavy (non-hydrogen) atoms. The van der Waals surface area contributed by atoms with Gasteiger partial charge in [0.15, 0.2) is 12.3 Å². The zero-order valence-corrected chi connectivity index (χ0v) is 13.5. The minimum Gasteiger partial charge on any atom is -0.484 e. The van der Waals surface area contributed by atoms with E-state index in [-0.39, 0.29) is 29.9 Å². The molecule has 1 saturated heterocycles. The van der Waals surface area contributed by atoms with E-state index in [0.717, 1.165) is 12.8 Å². The summed E-state index contributed by atoms with van der Waals surface area (Å²) >= 11 is 0. The molecule has 0 bridgehead atoms. The largest absolute Gasteiger partial charge is 0.484 e. The molecule has 1 aliphatic rings. The van der Waals surface area contributed by atoms with Crippen molar-refractivity contribution in [2.45, 2.75) is 31.9 Å². The molecular formula is C17H18FN3O4. The number of carbonyl (C=O) groups excluding carboxylic acids is 2. The van der Waals surface area contributed by atoms with Crippen molar-refractivity contribution in [2.24, 2.45) is 0 Å². The Hall–Kier alpha value is -2.90. The van der Waals surface area contributed by atoms with Gasteiger partial charge in [0.2, 0.25) is 11.8 Å². The second-order valence-electron chi connectivity index (χ2n) is 5.68. The van der Waals surface area contributed by atoms with E-state index in [1.54, 1.807) is 0 Å². The first-order chi connectivity index (χ1) is 12.1. The zero-order valence-electron chi connectivity index (χ0n) is 13.5. The maximum Gasteiger partial charge on any atom is 0.273 e. The fraction of sp³-hybridized carbons (Fsp3) is 0.353. The number of carbonyl (C=O) groups is 2. The highest BCUT2D eigenvalue weighted by atomic mass is 19.1. The first-order valence-electron chi connectivity index (χ1n) is 8.03. The molecule has 1 aliphatic heterocycles. The van der Waals surface area contributed by atoms with E-state index in [9.17, 15) is 14.0 Å². The fourth-order valence-electron chi connectivity index (χ4n) is 2.47. The summed E-state index contributed by atoms with van der Waals surface area (Å²) < 4.78 is 23.4. The number of oxazole rings is 1. The van der Waals surface area contributed by atoms with Gasteiger partial charge in [-0.2, -0.15) is 0 Å². The topological polar surface area (TPSA) is 93.5 Å². The molecular weight excluding hydrogens is 329 g/mol. The van der Waals surface area contributed by atoms with Crippen LogP contribution in [0.2, 0.25) is 0 Å². The van der Waals surface area contributed by atoms with Crippen LogP contribution in [0.3, 0.4) is 0 Å². The van der Waals surface area contributed by atoms with Gasteiger partial charge in [-0.05, 0) is 43.5 Å². The summed E-state index contributed by atoms with van der Waals surface area (Å²) in [5.41, 5.74) is 0.0785. The SMILES string of the molecule is O=C(N[C@H]1CCCCNC1=O)c1coc(COc2ccc(F)cc2)n1. The predicted molar refractivity (Wildman–Crippen MR) is 85.3 cm³/mol. The molecule has 7 nitrogen and oxygen atoms in total. The van der Waals surface area contributed by atoms with E-state index in [1.807, 2.05) is 0 Å². The Morgan fingerprint density at radius 3 is 2.96 bits per heavy atom. The average Bonchev–Trinajstić information content (AvgIpc) is 3.00. The normalized spacial score (nSPS) is 17.5. The molecule has 1 aromatic carbocycles.